The van der Waals surface area contributed by atoms with Crippen molar-refractivity contribution >= 4 is 35.6 Å². The van der Waals surface area contributed by atoms with Gasteiger partial charge >= 0.3 is 0 Å². The normalized spacial score (nSPS) is 12.8. The minimum Gasteiger partial charge on any atom is -0.494 e. The second-order valence-corrected chi connectivity index (χ2v) is 18.6. The van der Waals surface area contributed by atoms with E-state index in [1.807, 2.05) is 0 Å². The number of methoxy groups -OCH3 is 2. The number of para-hydroxylation sites is 1. The Bertz CT molecular complexity index is 1580. The van der Waals surface area contributed by atoms with Gasteiger partial charge in [0.2, 0.25) is 16.0 Å². The Labute approximate surface area is 245 Å². The minimum atomic E-state index is -4.19. The smallest absolute Gasteiger partial charge is 0.246 e. The van der Waals surface area contributed by atoms with Gasteiger partial charge in [0.15, 0.2) is 5.82 Å². The van der Waals surface area contributed by atoms with E-state index in [1.165, 1.54) is 30.8 Å². The van der Waals surface area contributed by atoms with Crippen molar-refractivity contribution in [3.8, 4) is 28.7 Å². The fourth-order valence-electron chi connectivity index (χ4n) is 4.16. The van der Waals surface area contributed by atoms with E-state index in [1.54, 1.807) is 52.8 Å². The molecule has 12 nitrogen and oxygen atoms in total. The molecule has 0 saturated carbocycles. The number of anilines is 1. The first kappa shape index (κ1) is 30.5. The highest BCUT2D eigenvalue weighted by molar-refractivity contribution is 7.92. The quantitative estimate of drug-likeness (QED) is 0.234. The maximum absolute atomic E-state index is 14.1. The van der Waals surface area contributed by atoms with Gasteiger partial charge in [0.05, 0.1) is 24.9 Å². The molecule has 0 radical (unpaired) electrons. The number of rotatable bonds is 12. The van der Waals surface area contributed by atoms with Gasteiger partial charge in [-0.3, -0.25) is 14.2 Å². The average Bonchev–Trinajstić information content (AvgIpc) is 3.53. The maximum atomic E-state index is 14.1. The third kappa shape index (κ3) is 6.89. The summed E-state index contributed by atoms with van der Waals surface area (Å²) in [6.07, 6.45) is 1.71. The van der Waals surface area contributed by atoms with Crippen LogP contribution in [0.4, 0.5) is 5.95 Å². The lowest BCUT2D eigenvalue weighted by Gasteiger charge is -2.28. The van der Waals surface area contributed by atoms with Crippen LogP contribution < -0.4 is 13.8 Å². The molecule has 0 aliphatic carbocycles. The molecule has 0 bridgehead atoms. The Morgan fingerprint density at radius 1 is 1.07 bits per heavy atom. The van der Waals surface area contributed by atoms with Gasteiger partial charge in [-0.2, -0.15) is 5.10 Å². The number of aromatic nitrogens is 6. The number of hydrogen-bond acceptors (Lipinski definition) is 9. The summed E-state index contributed by atoms with van der Waals surface area (Å²) in [6, 6.07) is 10.7. The highest BCUT2D eigenvalue weighted by atomic mass is 35.5. The number of aliphatic hydroxyl groups is 1. The van der Waals surface area contributed by atoms with Crippen molar-refractivity contribution in [3.05, 3.63) is 59.5 Å². The molecule has 0 amide bonds. The van der Waals surface area contributed by atoms with Crippen LogP contribution in [0.25, 0.3) is 17.2 Å². The van der Waals surface area contributed by atoms with Gasteiger partial charge in [0.1, 0.15) is 34.7 Å². The van der Waals surface area contributed by atoms with Gasteiger partial charge in [-0.05, 0) is 36.4 Å². The van der Waals surface area contributed by atoms with Gasteiger partial charge in [0.25, 0.3) is 0 Å². The predicted molar refractivity (Wildman–Crippen MR) is 160 cm³/mol. The van der Waals surface area contributed by atoms with Crippen LogP contribution in [0.15, 0.2) is 48.8 Å². The van der Waals surface area contributed by atoms with Crippen LogP contribution in [0.3, 0.4) is 0 Å². The monoisotopic (exact) mass is 619 g/mol. The predicted octanol–water partition coefficient (Wildman–Crippen LogP) is 3.94. The Morgan fingerprint density at radius 3 is 2.29 bits per heavy atom. The summed E-state index contributed by atoms with van der Waals surface area (Å²) in [6.45, 7) is 6.57. The van der Waals surface area contributed by atoms with Gasteiger partial charge in [0, 0.05) is 34.1 Å². The molecule has 1 atom stereocenters. The van der Waals surface area contributed by atoms with Crippen molar-refractivity contribution in [3.63, 3.8) is 0 Å². The van der Waals surface area contributed by atoms with Crippen molar-refractivity contribution in [2.45, 2.75) is 31.8 Å². The summed E-state index contributed by atoms with van der Waals surface area (Å²) < 4.78 is 44.0. The second kappa shape index (κ2) is 12.2. The summed E-state index contributed by atoms with van der Waals surface area (Å²) in [5.41, 5.74) is 1.06. The van der Waals surface area contributed by atoms with E-state index in [-0.39, 0.29) is 24.0 Å². The lowest BCUT2D eigenvalue weighted by atomic mass is 10.2. The topological polar surface area (TPSA) is 137 Å². The molecule has 0 aliphatic heterocycles. The lowest BCUT2D eigenvalue weighted by Crippen LogP contribution is -2.40. The van der Waals surface area contributed by atoms with Crippen LogP contribution in [-0.4, -0.2) is 77.6 Å². The third-order valence-electron chi connectivity index (χ3n) is 6.30. The standard InChI is InChI=1S/C26H34ClN7O5SSi/c1-32-13-12-20(31-32)25-29-30-26(34(25)24-22(38-2)8-7-9-23(24)39-3)33(14-15-41(4,5)6)40(36,37)17-21(35)19-11-10-18(27)16-28-19/h7-13,16,21,35H,14-15,17H2,1-6H3/t21-/m1/s1. The molecule has 4 rings (SSSR count). The van der Waals surface area contributed by atoms with Crippen molar-refractivity contribution in [2.24, 2.45) is 7.05 Å². The van der Waals surface area contributed by atoms with Crippen LogP contribution in [0, 0.1) is 0 Å². The number of pyridine rings is 1. The van der Waals surface area contributed by atoms with E-state index >= 15 is 0 Å². The van der Waals surface area contributed by atoms with Crippen molar-refractivity contribution < 1.29 is 23.0 Å². The summed E-state index contributed by atoms with van der Waals surface area (Å²) in [5, 5.41) is 24.6. The van der Waals surface area contributed by atoms with Crippen molar-refractivity contribution in [1.82, 2.24) is 29.5 Å². The molecule has 0 aliphatic rings. The number of aliphatic hydroxyl groups excluding tert-OH is 1. The first-order valence-electron chi connectivity index (χ1n) is 12.8. The number of halogens is 1. The molecule has 0 unspecified atom stereocenters. The van der Waals surface area contributed by atoms with Gasteiger partial charge < -0.3 is 14.6 Å². The third-order valence-corrected chi connectivity index (χ3v) is 10.00. The maximum Gasteiger partial charge on any atom is 0.246 e. The Kier molecular flexibility index (Phi) is 9.06. The molecule has 220 valence electrons. The highest BCUT2D eigenvalue weighted by Gasteiger charge is 2.35. The summed E-state index contributed by atoms with van der Waals surface area (Å²) >= 11 is 5.93. The zero-order valence-electron chi connectivity index (χ0n) is 23.8. The first-order chi connectivity index (χ1) is 19.3. The Balaban J connectivity index is 1.92. The molecule has 3 aromatic heterocycles. The molecule has 1 N–H and O–H groups in total. The summed E-state index contributed by atoms with van der Waals surface area (Å²) in [5.74, 6) is 0.493. The van der Waals surface area contributed by atoms with Crippen LogP contribution in [0.1, 0.15) is 11.8 Å². The first-order valence-corrected chi connectivity index (χ1v) is 18.5. The molecule has 0 fully saturated rings. The van der Waals surface area contributed by atoms with Crippen LogP contribution >= 0.6 is 11.6 Å². The number of hydrogen-bond donors (Lipinski definition) is 1. The number of sulfonamides is 1. The summed E-state index contributed by atoms with van der Waals surface area (Å²) in [7, 11) is -1.14. The van der Waals surface area contributed by atoms with E-state index in [2.05, 4.69) is 39.9 Å². The van der Waals surface area contributed by atoms with Gasteiger partial charge in [-0.15, -0.1) is 10.2 Å². The van der Waals surface area contributed by atoms with E-state index in [9.17, 15) is 13.5 Å². The number of aryl methyl sites for hydroxylation is 1. The Hall–Kier alpha value is -3.46. The molecule has 4 aromatic rings. The average molecular weight is 620 g/mol. The molecular weight excluding hydrogens is 586 g/mol. The van der Waals surface area contributed by atoms with Crippen molar-refractivity contribution in [1.29, 1.82) is 0 Å². The van der Waals surface area contributed by atoms with Crippen molar-refractivity contribution in [2.75, 3.05) is 30.8 Å². The fraction of sp³-hybridized carbons (Fsp3) is 0.385. The van der Waals surface area contributed by atoms with E-state index < -0.39 is 30.0 Å². The van der Waals surface area contributed by atoms with Gasteiger partial charge in [-0.25, -0.2) is 12.7 Å². The number of ether oxygens (including phenoxy) is 2. The van der Waals surface area contributed by atoms with Crippen LogP contribution in [-0.2, 0) is 17.1 Å². The van der Waals surface area contributed by atoms with Crippen LogP contribution in [0.2, 0.25) is 30.7 Å². The fourth-order valence-corrected chi connectivity index (χ4v) is 6.81. The molecule has 15 heteroatoms. The zero-order chi connectivity index (χ0) is 29.9. The van der Waals surface area contributed by atoms with Gasteiger partial charge in [-0.1, -0.05) is 37.3 Å². The van der Waals surface area contributed by atoms with E-state index in [0.29, 0.717) is 33.9 Å². The Morgan fingerprint density at radius 2 is 1.76 bits per heavy atom. The second-order valence-electron chi connectivity index (χ2n) is 10.6. The van der Waals surface area contributed by atoms with E-state index in [0.717, 1.165) is 0 Å². The SMILES string of the molecule is COc1cccc(OC)c1-n1c(-c2ccn(C)n2)nnc1N(CC[Si](C)(C)C)S(=O)(=O)C[C@@H](O)c1ccc(Cl)cn1. The number of nitrogens with zero attached hydrogens (tertiary/aromatic N) is 7. The molecule has 1 aromatic carbocycles. The molecule has 41 heavy (non-hydrogen) atoms. The highest BCUT2D eigenvalue weighted by Crippen LogP contribution is 2.39. The summed E-state index contributed by atoms with van der Waals surface area (Å²) in [4.78, 5) is 4.10. The largest absolute Gasteiger partial charge is 0.494 e. The molecule has 3 heterocycles. The molecule has 0 saturated heterocycles. The molecule has 0 spiro atoms. The van der Waals surface area contributed by atoms with Crippen LogP contribution in [0.5, 0.6) is 11.5 Å². The van der Waals surface area contributed by atoms with E-state index in [4.69, 9.17) is 21.1 Å². The number of benzene rings is 1. The lowest BCUT2D eigenvalue weighted by molar-refractivity contribution is 0.196. The zero-order valence-corrected chi connectivity index (χ0v) is 26.4. The minimum absolute atomic E-state index is 0.0166. The molecular formula is C26H34ClN7O5SSi.